The molecule has 140 valence electrons. The SMILES string of the molecule is Cc1cc(O)cc(Cl)c1OCCCNC(=O)c1ccc(C(F)(F)F)cc1. The van der Waals surface area contributed by atoms with Gasteiger partial charge in [-0.15, -0.1) is 0 Å². The molecule has 0 radical (unpaired) electrons. The van der Waals surface area contributed by atoms with Crippen LogP contribution >= 0.6 is 11.6 Å². The molecule has 0 aromatic heterocycles. The zero-order chi connectivity index (χ0) is 19.3. The molecule has 4 nitrogen and oxygen atoms in total. The van der Waals surface area contributed by atoms with Gasteiger partial charge >= 0.3 is 6.18 Å². The second kappa shape index (κ2) is 8.31. The summed E-state index contributed by atoms with van der Waals surface area (Å²) >= 11 is 5.99. The number of nitrogens with one attached hydrogen (secondary N) is 1. The van der Waals surface area contributed by atoms with E-state index >= 15 is 0 Å². The van der Waals surface area contributed by atoms with Crippen LogP contribution in [0.2, 0.25) is 5.02 Å². The Hall–Kier alpha value is -2.41. The van der Waals surface area contributed by atoms with E-state index in [1.54, 1.807) is 6.92 Å². The van der Waals surface area contributed by atoms with Crippen molar-refractivity contribution in [2.24, 2.45) is 0 Å². The summed E-state index contributed by atoms with van der Waals surface area (Å²) < 4.78 is 43.0. The highest BCUT2D eigenvalue weighted by Crippen LogP contribution is 2.32. The van der Waals surface area contributed by atoms with Crippen LogP contribution in [-0.2, 0) is 6.18 Å². The van der Waals surface area contributed by atoms with Crippen molar-refractivity contribution in [3.63, 3.8) is 0 Å². The number of phenolic OH excluding ortho intramolecular Hbond substituents is 1. The zero-order valence-corrected chi connectivity index (χ0v) is 14.6. The summed E-state index contributed by atoms with van der Waals surface area (Å²) in [5, 5.41) is 12.3. The van der Waals surface area contributed by atoms with Crippen molar-refractivity contribution in [2.45, 2.75) is 19.5 Å². The molecule has 0 saturated heterocycles. The van der Waals surface area contributed by atoms with Crippen molar-refractivity contribution in [3.05, 3.63) is 58.1 Å². The molecule has 2 aromatic rings. The maximum absolute atomic E-state index is 12.5. The normalized spacial score (nSPS) is 11.3. The summed E-state index contributed by atoms with van der Waals surface area (Å²) in [6.07, 6.45) is -3.96. The fraction of sp³-hybridized carbons (Fsp3) is 0.278. The first kappa shape index (κ1) is 19.9. The number of phenols is 1. The first-order valence-corrected chi connectivity index (χ1v) is 8.13. The fourth-order valence-corrected chi connectivity index (χ4v) is 2.57. The summed E-state index contributed by atoms with van der Waals surface area (Å²) in [6, 6.07) is 6.90. The lowest BCUT2D eigenvalue weighted by atomic mass is 10.1. The minimum absolute atomic E-state index is 0.0451. The van der Waals surface area contributed by atoms with Crippen LogP contribution in [0.4, 0.5) is 13.2 Å². The molecule has 0 saturated carbocycles. The number of carbonyl (C=O) groups excluding carboxylic acids is 1. The van der Waals surface area contributed by atoms with Crippen molar-refractivity contribution >= 4 is 17.5 Å². The lowest BCUT2D eigenvalue weighted by molar-refractivity contribution is -0.137. The van der Waals surface area contributed by atoms with Crippen LogP contribution in [0.25, 0.3) is 0 Å². The third kappa shape index (κ3) is 5.29. The number of alkyl halides is 3. The Labute approximate surface area is 153 Å². The zero-order valence-electron chi connectivity index (χ0n) is 13.9. The molecule has 0 spiro atoms. The van der Waals surface area contributed by atoms with E-state index in [0.717, 1.165) is 24.3 Å². The molecule has 0 fully saturated rings. The van der Waals surface area contributed by atoms with Crippen molar-refractivity contribution in [1.29, 1.82) is 0 Å². The predicted molar refractivity (Wildman–Crippen MR) is 91.7 cm³/mol. The molecule has 26 heavy (non-hydrogen) atoms. The van der Waals surface area contributed by atoms with Gasteiger partial charge in [0.25, 0.3) is 5.91 Å². The van der Waals surface area contributed by atoms with E-state index in [2.05, 4.69) is 5.32 Å². The van der Waals surface area contributed by atoms with Gasteiger partial charge in [0.2, 0.25) is 0 Å². The van der Waals surface area contributed by atoms with E-state index in [0.29, 0.717) is 17.7 Å². The molecule has 0 bridgehead atoms. The summed E-state index contributed by atoms with van der Waals surface area (Å²) in [5.41, 5.74) is 0.0312. The second-order valence-electron chi connectivity index (χ2n) is 5.61. The predicted octanol–water partition coefficient (Wildman–Crippen LogP) is 4.57. The molecule has 0 unspecified atom stereocenters. The highest BCUT2D eigenvalue weighted by Gasteiger charge is 2.30. The van der Waals surface area contributed by atoms with E-state index < -0.39 is 17.6 Å². The molecular weight excluding hydrogens is 371 g/mol. The van der Waals surface area contributed by atoms with Gasteiger partial charge in [0.05, 0.1) is 17.2 Å². The van der Waals surface area contributed by atoms with Crippen LogP contribution < -0.4 is 10.1 Å². The maximum atomic E-state index is 12.5. The van der Waals surface area contributed by atoms with E-state index in [-0.39, 0.29) is 29.5 Å². The van der Waals surface area contributed by atoms with Crippen molar-refractivity contribution in [2.75, 3.05) is 13.2 Å². The standard InChI is InChI=1S/C18H17ClF3NO3/c1-11-9-14(24)10-15(19)16(11)26-8-2-7-23-17(25)12-3-5-13(6-4-12)18(20,21)22/h3-6,9-10,24H,2,7-8H2,1H3,(H,23,25). The van der Waals surface area contributed by atoms with E-state index in [1.165, 1.54) is 12.1 Å². The molecule has 0 aliphatic rings. The van der Waals surface area contributed by atoms with E-state index in [9.17, 15) is 23.1 Å². The number of ether oxygens (including phenoxy) is 1. The van der Waals surface area contributed by atoms with Crippen LogP contribution in [0.1, 0.15) is 27.9 Å². The topological polar surface area (TPSA) is 58.6 Å². The van der Waals surface area contributed by atoms with Gasteiger partial charge in [0.15, 0.2) is 0 Å². The summed E-state index contributed by atoms with van der Waals surface area (Å²) in [5.74, 6) is 0.0414. The third-order valence-electron chi connectivity index (χ3n) is 3.54. The molecule has 0 atom stereocenters. The summed E-state index contributed by atoms with van der Waals surface area (Å²) in [6.45, 7) is 2.31. The highest BCUT2D eigenvalue weighted by atomic mass is 35.5. The Balaban J connectivity index is 1.79. The van der Waals surface area contributed by atoms with Crippen LogP contribution in [0, 0.1) is 6.92 Å². The lowest BCUT2D eigenvalue weighted by Crippen LogP contribution is -2.25. The van der Waals surface area contributed by atoms with Gasteiger partial charge in [0, 0.05) is 18.2 Å². The summed E-state index contributed by atoms with van der Waals surface area (Å²) in [7, 11) is 0. The number of amides is 1. The smallest absolute Gasteiger partial charge is 0.416 e. The number of halogens is 4. The minimum atomic E-state index is -4.43. The van der Waals surface area contributed by atoms with Gasteiger partial charge in [-0.1, -0.05) is 11.6 Å². The number of rotatable bonds is 6. The Morgan fingerprint density at radius 2 is 1.88 bits per heavy atom. The lowest BCUT2D eigenvalue weighted by Gasteiger charge is -2.12. The average Bonchev–Trinajstić information content (AvgIpc) is 2.55. The van der Waals surface area contributed by atoms with Gasteiger partial charge < -0.3 is 15.2 Å². The highest BCUT2D eigenvalue weighted by molar-refractivity contribution is 6.32. The Morgan fingerprint density at radius 3 is 2.46 bits per heavy atom. The molecule has 1 amide bonds. The first-order chi connectivity index (χ1) is 12.2. The van der Waals surface area contributed by atoms with Crippen LogP contribution in [0.3, 0.4) is 0 Å². The molecule has 0 aliphatic carbocycles. The quantitative estimate of drug-likeness (QED) is 0.714. The average molecular weight is 388 g/mol. The van der Waals surface area contributed by atoms with Crippen LogP contribution in [0.15, 0.2) is 36.4 Å². The number of aryl methyl sites for hydroxylation is 1. The second-order valence-corrected chi connectivity index (χ2v) is 6.01. The maximum Gasteiger partial charge on any atom is 0.416 e. The number of hydrogen-bond donors (Lipinski definition) is 2. The molecule has 8 heteroatoms. The molecule has 0 heterocycles. The molecular formula is C18H17ClF3NO3. The van der Waals surface area contributed by atoms with Gasteiger partial charge in [-0.2, -0.15) is 13.2 Å². The number of hydrogen-bond acceptors (Lipinski definition) is 3. The Bertz CT molecular complexity index is 753. The molecule has 0 aliphatic heterocycles. The van der Waals surface area contributed by atoms with Gasteiger partial charge in [-0.25, -0.2) is 0 Å². The third-order valence-corrected chi connectivity index (χ3v) is 3.82. The largest absolute Gasteiger partial charge is 0.508 e. The van der Waals surface area contributed by atoms with Gasteiger partial charge in [-0.05, 0) is 49.2 Å². The molecule has 2 rings (SSSR count). The first-order valence-electron chi connectivity index (χ1n) is 7.76. The number of aromatic hydroxyl groups is 1. The van der Waals surface area contributed by atoms with Crippen molar-refractivity contribution < 1.29 is 27.8 Å². The molecule has 2 aromatic carbocycles. The van der Waals surface area contributed by atoms with Gasteiger partial charge in [-0.3, -0.25) is 4.79 Å². The monoisotopic (exact) mass is 387 g/mol. The van der Waals surface area contributed by atoms with Gasteiger partial charge in [0.1, 0.15) is 11.5 Å². The van der Waals surface area contributed by atoms with Crippen molar-refractivity contribution in [3.8, 4) is 11.5 Å². The Kier molecular flexibility index (Phi) is 6.37. The van der Waals surface area contributed by atoms with E-state index in [1.807, 2.05) is 0 Å². The number of carbonyl (C=O) groups is 1. The molecule has 2 N–H and O–H groups in total. The van der Waals surface area contributed by atoms with Crippen LogP contribution in [-0.4, -0.2) is 24.2 Å². The number of benzene rings is 2. The van der Waals surface area contributed by atoms with Crippen molar-refractivity contribution in [1.82, 2.24) is 5.32 Å². The Morgan fingerprint density at radius 1 is 1.23 bits per heavy atom. The summed E-state index contributed by atoms with van der Waals surface area (Å²) in [4.78, 5) is 11.9. The fourth-order valence-electron chi connectivity index (χ4n) is 2.26. The van der Waals surface area contributed by atoms with Crippen LogP contribution in [0.5, 0.6) is 11.5 Å². The van der Waals surface area contributed by atoms with E-state index in [4.69, 9.17) is 16.3 Å². The minimum Gasteiger partial charge on any atom is -0.508 e.